The molecule has 0 aliphatic carbocycles. The number of halogens is 1. The van der Waals surface area contributed by atoms with E-state index in [1.54, 1.807) is 0 Å². The predicted molar refractivity (Wildman–Crippen MR) is 133 cm³/mol. The number of hydrogen-bond acceptors (Lipinski definition) is 7. The zero-order chi connectivity index (χ0) is 21.9. The van der Waals surface area contributed by atoms with Crippen molar-refractivity contribution in [3.05, 3.63) is 40.4 Å². The van der Waals surface area contributed by atoms with Gasteiger partial charge in [0.15, 0.2) is 0 Å². The Balaban J connectivity index is 1.25. The van der Waals surface area contributed by atoms with Crippen LogP contribution in [0.1, 0.15) is 37.4 Å². The molecule has 0 radical (unpaired) electrons. The molecular formula is C24H33BrN6O. The second-order valence-corrected chi connectivity index (χ2v) is 10.0. The third-order valence-corrected chi connectivity index (χ3v) is 7.42. The highest BCUT2D eigenvalue weighted by Crippen LogP contribution is 2.28. The number of piperazine rings is 1. The Labute approximate surface area is 199 Å². The molecule has 7 nitrogen and oxygen atoms in total. The lowest BCUT2D eigenvalue weighted by Crippen LogP contribution is -2.48. The second-order valence-electron chi connectivity index (χ2n) is 9.13. The van der Waals surface area contributed by atoms with E-state index in [1.807, 2.05) is 24.3 Å². The number of β-amino-alcohol motifs (C(OH)–C–C–N with tert-alkyl or cyclic N) is 1. The predicted octanol–water partition coefficient (Wildman–Crippen LogP) is 3.30. The second kappa shape index (κ2) is 9.93. The molecule has 1 aromatic carbocycles. The van der Waals surface area contributed by atoms with Gasteiger partial charge in [-0.2, -0.15) is 9.97 Å². The van der Waals surface area contributed by atoms with Crippen molar-refractivity contribution in [2.45, 2.75) is 31.8 Å². The number of aliphatic hydroxyl groups is 1. The van der Waals surface area contributed by atoms with Crippen molar-refractivity contribution >= 4 is 33.5 Å². The highest BCUT2D eigenvalue weighted by molar-refractivity contribution is 9.10. The Kier molecular flexibility index (Phi) is 6.80. The molecule has 4 heterocycles. The van der Waals surface area contributed by atoms with Crippen molar-refractivity contribution < 1.29 is 5.11 Å². The first-order chi connectivity index (χ1) is 15.7. The molecule has 2 aromatic rings. The average molecular weight is 501 g/mol. The van der Waals surface area contributed by atoms with Crippen molar-refractivity contribution in [1.29, 1.82) is 0 Å². The van der Waals surface area contributed by atoms with Crippen LogP contribution in [0.3, 0.4) is 0 Å². The number of aromatic nitrogens is 2. The van der Waals surface area contributed by atoms with Crippen LogP contribution in [0.4, 0.5) is 17.6 Å². The molecule has 1 aromatic heterocycles. The fourth-order valence-electron chi connectivity index (χ4n) is 4.93. The van der Waals surface area contributed by atoms with Crippen molar-refractivity contribution in [2.24, 2.45) is 0 Å². The number of aliphatic hydroxyl groups excluding tert-OH is 1. The average Bonchev–Trinajstić information content (AvgIpc) is 3.54. The van der Waals surface area contributed by atoms with Gasteiger partial charge in [-0.1, -0.05) is 28.1 Å². The SMILES string of the molecule is OC(CN1CCN(c2cc(N3CCCC3)nc(N3CCCC3)n2)CC1)c1ccc(Br)cc1. The largest absolute Gasteiger partial charge is 0.387 e. The maximum atomic E-state index is 10.7. The monoisotopic (exact) mass is 500 g/mol. The van der Waals surface area contributed by atoms with Gasteiger partial charge in [0, 0.05) is 69.4 Å². The molecular weight excluding hydrogens is 468 g/mol. The van der Waals surface area contributed by atoms with E-state index in [-0.39, 0.29) is 0 Å². The Morgan fingerprint density at radius 1 is 0.750 bits per heavy atom. The van der Waals surface area contributed by atoms with Gasteiger partial charge in [0.1, 0.15) is 11.6 Å². The Hall–Kier alpha value is -1.90. The van der Waals surface area contributed by atoms with E-state index in [0.717, 1.165) is 80.0 Å². The molecule has 3 fully saturated rings. The quantitative estimate of drug-likeness (QED) is 0.652. The molecule has 0 saturated carbocycles. The van der Waals surface area contributed by atoms with Crippen LogP contribution in [-0.2, 0) is 0 Å². The van der Waals surface area contributed by atoms with E-state index in [0.29, 0.717) is 6.54 Å². The molecule has 0 spiro atoms. The summed E-state index contributed by atoms with van der Waals surface area (Å²) >= 11 is 3.46. The van der Waals surface area contributed by atoms with Gasteiger partial charge in [-0.15, -0.1) is 0 Å². The Morgan fingerprint density at radius 2 is 1.28 bits per heavy atom. The number of nitrogens with zero attached hydrogens (tertiary/aromatic N) is 6. The van der Waals surface area contributed by atoms with Crippen LogP contribution in [0.5, 0.6) is 0 Å². The zero-order valence-electron chi connectivity index (χ0n) is 18.7. The van der Waals surface area contributed by atoms with Crippen molar-refractivity contribution in [3.8, 4) is 0 Å². The maximum absolute atomic E-state index is 10.7. The van der Waals surface area contributed by atoms with E-state index in [4.69, 9.17) is 9.97 Å². The molecule has 0 amide bonds. The molecule has 32 heavy (non-hydrogen) atoms. The van der Waals surface area contributed by atoms with Gasteiger partial charge >= 0.3 is 0 Å². The molecule has 1 N–H and O–H groups in total. The first-order valence-corrected chi connectivity index (χ1v) is 12.7. The van der Waals surface area contributed by atoms with E-state index in [1.165, 1.54) is 25.7 Å². The minimum atomic E-state index is -0.461. The molecule has 1 atom stereocenters. The topological polar surface area (TPSA) is 59.0 Å². The molecule has 3 aliphatic rings. The van der Waals surface area contributed by atoms with Gasteiger partial charge in [0.2, 0.25) is 5.95 Å². The van der Waals surface area contributed by atoms with Gasteiger partial charge in [0.25, 0.3) is 0 Å². The van der Waals surface area contributed by atoms with Crippen LogP contribution in [0.2, 0.25) is 0 Å². The smallest absolute Gasteiger partial charge is 0.229 e. The zero-order valence-corrected chi connectivity index (χ0v) is 20.3. The van der Waals surface area contributed by atoms with E-state index in [2.05, 4.69) is 41.6 Å². The molecule has 8 heteroatoms. The molecule has 5 rings (SSSR count). The van der Waals surface area contributed by atoms with E-state index >= 15 is 0 Å². The number of rotatable bonds is 6. The summed E-state index contributed by atoms with van der Waals surface area (Å²) in [4.78, 5) is 19.4. The van der Waals surface area contributed by atoms with Gasteiger partial charge in [-0.05, 0) is 43.4 Å². The molecule has 1 unspecified atom stereocenters. The highest BCUT2D eigenvalue weighted by atomic mass is 79.9. The first-order valence-electron chi connectivity index (χ1n) is 12.0. The molecule has 3 saturated heterocycles. The number of hydrogen-bond donors (Lipinski definition) is 1. The summed E-state index contributed by atoms with van der Waals surface area (Å²) in [5.41, 5.74) is 0.969. The summed E-state index contributed by atoms with van der Waals surface area (Å²) in [6.45, 7) is 8.67. The fourth-order valence-corrected chi connectivity index (χ4v) is 5.20. The molecule has 0 bridgehead atoms. The van der Waals surface area contributed by atoms with Crippen LogP contribution in [0.15, 0.2) is 34.8 Å². The lowest BCUT2D eigenvalue weighted by Gasteiger charge is -2.37. The summed E-state index contributed by atoms with van der Waals surface area (Å²) in [5, 5.41) is 10.7. The normalized spacial score (nSPS) is 20.9. The van der Waals surface area contributed by atoms with Gasteiger partial charge in [-0.25, -0.2) is 0 Å². The highest BCUT2D eigenvalue weighted by Gasteiger charge is 2.25. The Bertz CT molecular complexity index is 856. The van der Waals surface area contributed by atoms with Gasteiger partial charge in [0.05, 0.1) is 6.10 Å². The number of anilines is 3. The summed E-state index contributed by atoms with van der Waals surface area (Å²) in [7, 11) is 0. The van der Waals surface area contributed by atoms with Crippen LogP contribution in [-0.4, -0.2) is 78.9 Å². The summed E-state index contributed by atoms with van der Waals surface area (Å²) in [5.74, 6) is 3.04. The van der Waals surface area contributed by atoms with Crippen molar-refractivity contribution in [3.63, 3.8) is 0 Å². The molecule has 172 valence electrons. The minimum absolute atomic E-state index is 0.461. The standard InChI is InChI=1S/C24H33BrN6O/c25-20-7-5-19(6-8-20)21(32)18-28-13-15-30(16-14-28)23-17-22(29-9-1-2-10-29)26-24(27-23)31-11-3-4-12-31/h5-8,17,21,32H,1-4,9-16,18H2. The summed E-state index contributed by atoms with van der Waals surface area (Å²) < 4.78 is 1.04. The third kappa shape index (κ3) is 5.02. The van der Waals surface area contributed by atoms with Crippen LogP contribution >= 0.6 is 15.9 Å². The fraction of sp³-hybridized carbons (Fsp3) is 0.583. The van der Waals surface area contributed by atoms with E-state index in [9.17, 15) is 5.11 Å². The first kappa shape index (κ1) is 21.9. The van der Waals surface area contributed by atoms with Crippen LogP contribution in [0.25, 0.3) is 0 Å². The van der Waals surface area contributed by atoms with Crippen LogP contribution in [0, 0.1) is 0 Å². The van der Waals surface area contributed by atoms with E-state index < -0.39 is 6.10 Å². The van der Waals surface area contributed by atoms with Crippen molar-refractivity contribution in [1.82, 2.24) is 14.9 Å². The van der Waals surface area contributed by atoms with Crippen LogP contribution < -0.4 is 14.7 Å². The lowest BCUT2D eigenvalue weighted by atomic mass is 10.1. The Morgan fingerprint density at radius 3 is 1.88 bits per heavy atom. The lowest BCUT2D eigenvalue weighted by molar-refractivity contribution is 0.109. The third-order valence-electron chi connectivity index (χ3n) is 6.89. The summed E-state index contributed by atoms with van der Waals surface area (Å²) in [6, 6.07) is 10.2. The summed E-state index contributed by atoms with van der Waals surface area (Å²) in [6.07, 6.45) is 4.49. The minimum Gasteiger partial charge on any atom is -0.387 e. The van der Waals surface area contributed by atoms with Gasteiger partial charge in [-0.3, -0.25) is 4.90 Å². The number of benzene rings is 1. The van der Waals surface area contributed by atoms with Crippen molar-refractivity contribution in [2.75, 3.05) is 73.6 Å². The molecule has 3 aliphatic heterocycles. The maximum Gasteiger partial charge on any atom is 0.229 e. The van der Waals surface area contributed by atoms with Gasteiger partial charge < -0.3 is 19.8 Å².